The summed E-state index contributed by atoms with van der Waals surface area (Å²) in [5, 5.41) is 13.6. The number of para-hydroxylation sites is 1. The molecule has 21 heavy (non-hydrogen) atoms. The van der Waals surface area contributed by atoms with Gasteiger partial charge in [0, 0.05) is 12.6 Å². The zero-order chi connectivity index (χ0) is 15.2. The van der Waals surface area contributed by atoms with Crippen LogP contribution in [0.4, 0.5) is 0 Å². The number of hydrogen-bond donors (Lipinski definition) is 2. The number of benzene rings is 1. The fourth-order valence-electron chi connectivity index (χ4n) is 3.21. The maximum atomic E-state index is 9.95. The van der Waals surface area contributed by atoms with Gasteiger partial charge >= 0.3 is 0 Å². The van der Waals surface area contributed by atoms with E-state index in [1.54, 1.807) is 7.11 Å². The summed E-state index contributed by atoms with van der Waals surface area (Å²) in [7, 11) is 1.73. The molecule has 0 bridgehead atoms. The molecule has 2 rings (SSSR count). The Morgan fingerprint density at radius 3 is 2.67 bits per heavy atom. The van der Waals surface area contributed by atoms with Crippen LogP contribution in [0.15, 0.2) is 24.3 Å². The van der Waals surface area contributed by atoms with E-state index in [9.17, 15) is 5.11 Å². The Morgan fingerprint density at radius 1 is 1.29 bits per heavy atom. The summed E-state index contributed by atoms with van der Waals surface area (Å²) in [4.78, 5) is 0. The fourth-order valence-corrected chi connectivity index (χ4v) is 3.21. The largest absolute Gasteiger partial charge is 0.496 e. The van der Waals surface area contributed by atoms with E-state index >= 15 is 0 Å². The normalized spacial score (nSPS) is 23.5. The highest BCUT2D eigenvalue weighted by atomic mass is 16.5. The molecule has 1 aromatic carbocycles. The molecule has 3 unspecified atom stereocenters. The van der Waals surface area contributed by atoms with Gasteiger partial charge in [-0.25, -0.2) is 0 Å². The summed E-state index contributed by atoms with van der Waals surface area (Å²) >= 11 is 0. The number of nitrogens with one attached hydrogen (secondary N) is 1. The lowest BCUT2D eigenvalue weighted by atomic mass is 9.94. The van der Waals surface area contributed by atoms with E-state index in [4.69, 9.17) is 4.74 Å². The number of aliphatic hydroxyl groups excluding tert-OH is 1. The van der Waals surface area contributed by atoms with Gasteiger partial charge in [0.05, 0.1) is 13.2 Å². The van der Waals surface area contributed by atoms with Crippen molar-refractivity contribution >= 4 is 0 Å². The van der Waals surface area contributed by atoms with Crippen LogP contribution in [0.1, 0.15) is 38.7 Å². The van der Waals surface area contributed by atoms with Crippen LogP contribution >= 0.6 is 0 Å². The van der Waals surface area contributed by atoms with Crippen LogP contribution in [-0.4, -0.2) is 30.9 Å². The van der Waals surface area contributed by atoms with Gasteiger partial charge in [-0.15, -0.1) is 0 Å². The van der Waals surface area contributed by atoms with Gasteiger partial charge in [0.1, 0.15) is 5.75 Å². The lowest BCUT2D eigenvalue weighted by Gasteiger charge is -2.26. The van der Waals surface area contributed by atoms with Gasteiger partial charge in [-0.2, -0.15) is 0 Å². The molecule has 0 amide bonds. The van der Waals surface area contributed by atoms with E-state index in [1.807, 2.05) is 12.1 Å². The molecule has 1 fully saturated rings. The zero-order valence-electron chi connectivity index (χ0n) is 13.5. The first-order valence-corrected chi connectivity index (χ1v) is 8.15. The molecule has 1 aliphatic rings. The highest BCUT2D eigenvalue weighted by molar-refractivity contribution is 5.33. The SMILES string of the molecule is COc1ccccc1CC(NCC1CCCC1O)C(C)C. The molecule has 1 aliphatic carbocycles. The second-order valence-electron chi connectivity index (χ2n) is 6.53. The summed E-state index contributed by atoms with van der Waals surface area (Å²) in [5.74, 6) is 1.93. The molecule has 0 heterocycles. The highest BCUT2D eigenvalue weighted by Gasteiger charge is 2.26. The lowest BCUT2D eigenvalue weighted by Crippen LogP contribution is -2.40. The predicted molar refractivity (Wildman–Crippen MR) is 86.7 cm³/mol. The molecule has 0 saturated heterocycles. The molecule has 3 atom stereocenters. The van der Waals surface area contributed by atoms with Crippen molar-refractivity contribution < 1.29 is 9.84 Å². The minimum Gasteiger partial charge on any atom is -0.496 e. The van der Waals surface area contributed by atoms with Crippen molar-refractivity contribution in [3.63, 3.8) is 0 Å². The van der Waals surface area contributed by atoms with Crippen LogP contribution < -0.4 is 10.1 Å². The van der Waals surface area contributed by atoms with Crippen molar-refractivity contribution in [3.05, 3.63) is 29.8 Å². The van der Waals surface area contributed by atoms with Crippen LogP contribution in [0.25, 0.3) is 0 Å². The molecule has 3 nitrogen and oxygen atoms in total. The number of rotatable bonds is 7. The topological polar surface area (TPSA) is 41.5 Å². The van der Waals surface area contributed by atoms with Crippen molar-refractivity contribution in [2.75, 3.05) is 13.7 Å². The Hall–Kier alpha value is -1.06. The molecule has 0 radical (unpaired) electrons. The number of hydrogen-bond acceptors (Lipinski definition) is 3. The zero-order valence-corrected chi connectivity index (χ0v) is 13.5. The van der Waals surface area contributed by atoms with Gasteiger partial charge in [0.15, 0.2) is 0 Å². The molecule has 2 N–H and O–H groups in total. The quantitative estimate of drug-likeness (QED) is 0.811. The minimum atomic E-state index is -0.114. The molecular formula is C18H29NO2. The van der Waals surface area contributed by atoms with E-state index in [2.05, 4.69) is 31.3 Å². The van der Waals surface area contributed by atoms with Crippen molar-refractivity contribution in [3.8, 4) is 5.75 Å². The first-order valence-electron chi connectivity index (χ1n) is 8.15. The Balaban J connectivity index is 1.95. The van der Waals surface area contributed by atoms with Crippen molar-refractivity contribution in [2.45, 2.75) is 51.7 Å². The molecule has 1 aromatic rings. The van der Waals surface area contributed by atoms with E-state index < -0.39 is 0 Å². The average molecular weight is 291 g/mol. The van der Waals surface area contributed by atoms with Crippen LogP contribution in [0.3, 0.4) is 0 Å². The molecule has 0 aromatic heterocycles. The van der Waals surface area contributed by atoms with Crippen LogP contribution in [0.5, 0.6) is 5.75 Å². The van der Waals surface area contributed by atoms with E-state index in [1.165, 1.54) is 5.56 Å². The predicted octanol–water partition coefficient (Wildman–Crippen LogP) is 3.01. The summed E-state index contributed by atoms with van der Waals surface area (Å²) in [6.07, 6.45) is 4.12. The second-order valence-corrected chi connectivity index (χ2v) is 6.53. The van der Waals surface area contributed by atoms with Gasteiger partial charge in [-0.3, -0.25) is 0 Å². The number of aliphatic hydroxyl groups is 1. The van der Waals surface area contributed by atoms with Crippen LogP contribution in [0, 0.1) is 11.8 Å². The van der Waals surface area contributed by atoms with Gasteiger partial charge < -0.3 is 15.2 Å². The Labute approximate surface area is 128 Å². The summed E-state index contributed by atoms with van der Waals surface area (Å²) in [5.41, 5.74) is 1.25. The van der Waals surface area contributed by atoms with Crippen molar-refractivity contribution in [1.29, 1.82) is 0 Å². The van der Waals surface area contributed by atoms with Crippen LogP contribution in [-0.2, 0) is 6.42 Å². The first kappa shape index (κ1) is 16.3. The van der Waals surface area contributed by atoms with Crippen LogP contribution in [0.2, 0.25) is 0 Å². The fraction of sp³-hybridized carbons (Fsp3) is 0.667. The maximum absolute atomic E-state index is 9.95. The van der Waals surface area contributed by atoms with Crippen molar-refractivity contribution in [1.82, 2.24) is 5.32 Å². The third kappa shape index (κ3) is 4.45. The third-order valence-corrected chi connectivity index (χ3v) is 4.70. The smallest absolute Gasteiger partial charge is 0.122 e. The van der Waals surface area contributed by atoms with Gasteiger partial charge in [0.25, 0.3) is 0 Å². The summed E-state index contributed by atoms with van der Waals surface area (Å²) < 4.78 is 5.45. The number of ether oxygens (including phenoxy) is 1. The molecule has 3 heteroatoms. The average Bonchev–Trinajstić information content (AvgIpc) is 2.89. The monoisotopic (exact) mass is 291 g/mol. The maximum Gasteiger partial charge on any atom is 0.122 e. The summed E-state index contributed by atoms with van der Waals surface area (Å²) in [6.45, 7) is 5.41. The highest BCUT2D eigenvalue weighted by Crippen LogP contribution is 2.26. The van der Waals surface area contributed by atoms with Gasteiger partial charge in [0.2, 0.25) is 0 Å². The van der Waals surface area contributed by atoms with Crippen molar-refractivity contribution in [2.24, 2.45) is 11.8 Å². The number of methoxy groups -OCH3 is 1. The minimum absolute atomic E-state index is 0.114. The van der Waals surface area contributed by atoms with E-state index in [-0.39, 0.29) is 6.10 Å². The Morgan fingerprint density at radius 2 is 2.05 bits per heavy atom. The van der Waals surface area contributed by atoms with Gasteiger partial charge in [-0.05, 0) is 42.7 Å². The third-order valence-electron chi connectivity index (χ3n) is 4.70. The lowest BCUT2D eigenvalue weighted by molar-refractivity contribution is 0.128. The molecule has 118 valence electrons. The first-order chi connectivity index (χ1) is 10.1. The van der Waals surface area contributed by atoms with E-state index in [0.29, 0.717) is 17.9 Å². The van der Waals surface area contributed by atoms with Gasteiger partial charge in [-0.1, -0.05) is 38.5 Å². The molecule has 1 saturated carbocycles. The molecular weight excluding hydrogens is 262 g/mol. The molecule has 0 spiro atoms. The van der Waals surface area contributed by atoms with E-state index in [0.717, 1.165) is 38.0 Å². The molecule has 0 aliphatic heterocycles. The standard InChI is InChI=1S/C18H29NO2/c1-13(2)16(19-12-15-8-6-9-17(15)20)11-14-7-4-5-10-18(14)21-3/h4-5,7,10,13,15-17,19-20H,6,8-9,11-12H2,1-3H3. The Bertz CT molecular complexity index is 433. The second kappa shape index (κ2) is 7.81. The summed E-state index contributed by atoms with van der Waals surface area (Å²) in [6, 6.07) is 8.65. The Kier molecular flexibility index (Phi) is 6.07.